The minimum absolute atomic E-state index is 0. The Bertz CT molecular complexity index is 513. The molecule has 4 nitrogen and oxygen atoms in total. The van der Waals surface area contributed by atoms with Crippen molar-refractivity contribution >= 4 is 12.4 Å². The average molecular weight is 266 g/mol. The lowest BCUT2D eigenvalue weighted by atomic mass is 9.96. The van der Waals surface area contributed by atoms with E-state index in [1.54, 1.807) is 6.20 Å². The van der Waals surface area contributed by atoms with Crippen molar-refractivity contribution in [1.29, 1.82) is 0 Å². The number of hydrogen-bond donors (Lipinski definition) is 1. The summed E-state index contributed by atoms with van der Waals surface area (Å²) >= 11 is 0. The largest absolute Gasteiger partial charge is 0.372 e. The zero-order valence-electron chi connectivity index (χ0n) is 9.95. The Kier molecular flexibility index (Phi) is 4.01. The van der Waals surface area contributed by atoms with Crippen LogP contribution in [-0.4, -0.2) is 22.9 Å². The molecule has 1 aromatic heterocycles. The van der Waals surface area contributed by atoms with Crippen molar-refractivity contribution in [3.8, 4) is 5.69 Å². The van der Waals surface area contributed by atoms with Gasteiger partial charge in [0.15, 0.2) is 0 Å². The molecule has 2 N–H and O–H groups in total. The van der Waals surface area contributed by atoms with Crippen molar-refractivity contribution in [2.75, 3.05) is 13.2 Å². The fraction of sp³-hybridized carbons (Fsp3) is 0.308. The molecule has 1 aliphatic heterocycles. The van der Waals surface area contributed by atoms with Gasteiger partial charge in [0.1, 0.15) is 0 Å². The van der Waals surface area contributed by atoms with E-state index >= 15 is 0 Å². The molecule has 1 aromatic carbocycles. The van der Waals surface area contributed by atoms with E-state index in [1.807, 2.05) is 23.0 Å². The highest BCUT2D eigenvalue weighted by atomic mass is 35.5. The molecule has 1 aliphatic rings. The normalized spacial score (nSPS) is 17.9. The van der Waals surface area contributed by atoms with Crippen LogP contribution in [0.1, 0.15) is 17.2 Å². The highest BCUT2D eigenvalue weighted by Gasteiger charge is 2.22. The van der Waals surface area contributed by atoms with Crippen LogP contribution in [0.5, 0.6) is 0 Å². The molecule has 3 rings (SSSR count). The fourth-order valence-electron chi connectivity index (χ4n) is 2.38. The van der Waals surface area contributed by atoms with Gasteiger partial charge >= 0.3 is 0 Å². The van der Waals surface area contributed by atoms with Crippen LogP contribution in [0, 0.1) is 0 Å². The number of rotatable bonds is 2. The monoisotopic (exact) mass is 265 g/mol. The van der Waals surface area contributed by atoms with Crippen LogP contribution in [0.2, 0.25) is 0 Å². The summed E-state index contributed by atoms with van der Waals surface area (Å²) in [6.45, 7) is 1.25. The molecule has 0 spiro atoms. The molecule has 2 heterocycles. The maximum absolute atomic E-state index is 5.74. The van der Waals surface area contributed by atoms with E-state index in [0.717, 1.165) is 18.7 Å². The maximum Gasteiger partial charge on any atom is 0.0950 e. The molecular formula is C13H16ClN3O. The quantitative estimate of drug-likeness (QED) is 0.902. The first kappa shape index (κ1) is 13.1. The second-order valence-electron chi connectivity index (χ2n) is 4.14. The van der Waals surface area contributed by atoms with Crippen LogP contribution in [-0.2, 0) is 11.2 Å². The van der Waals surface area contributed by atoms with E-state index in [-0.39, 0.29) is 18.5 Å². The molecule has 0 radical (unpaired) electrons. The molecule has 0 fully saturated rings. The molecule has 2 aromatic rings. The zero-order valence-corrected chi connectivity index (χ0v) is 10.8. The van der Waals surface area contributed by atoms with Crippen molar-refractivity contribution in [2.24, 2.45) is 5.73 Å². The third kappa shape index (κ3) is 2.14. The summed E-state index contributed by atoms with van der Waals surface area (Å²) in [7, 11) is 0. The van der Waals surface area contributed by atoms with Crippen molar-refractivity contribution in [1.82, 2.24) is 9.78 Å². The Morgan fingerprint density at radius 1 is 1.39 bits per heavy atom. The number of aromatic nitrogens is 2. The number of hydrogen-bond acceptors (Lipinski definition) is 3. The summed E-state index contributed by atoms with van der Waals surface area (Å²) < 4.78 is 7.57. The van der Waals surface area contributed by atoms with Gasteiger partial charge < -0.3 is 10.5 Å². The molecule has 5 heteroatoms. The third-order valence-electron chi connectivity index (χ3n) is 3.17. The van der Waals surface area contributed by atoms with Gasteiger partial charge in [0.05, 0.1) is 18.4 Å². The van der Waals surface area contributed by atoms with Gasteiger partial charge in [-0.1, -0.05) is 12.1 Å². The van der Waals surface area contributed by atoms with Crippen molar-refractivity contribution in [2.45, 2.75) is 12.5 Å². The van der Waals surface area contributed by atoms with E-state index in [4.69, 9.17) is 10.5 Å². The highest BCUT2D eigenvalue weighted by Crippen LogP contribution is 2.30. The average Bonchev–Trinajstić information content (AvgIpc) is 2.91. The Morgan fingerprint density at radius 2 is 2.28 bits per heavy atom. The summed E-state index contributed by atoms with van der Waals surface area (Å²) in [4.78, 5) is 0. The van der Waals surface area contributed by atoms with Crippen molar-refractivity contribution in [3.63, 3.8) is 0 Å². The van der Waals surface area contributed by atoms with Gasteiger partial charge in [0.2, 0.25) is 0 Å². The first-order valence-electron chi connectivity index (χ1n) is 5.83. The minimum atomic E-state index is 0. The number of fused-ring (bicyclic) bond motifs is 1. The molecule has 18 heavy (non-hydrogen) atoms. The number of halogens is 1. The summed E-state index contributed by atoms with van der Waals surface area (Å²) in [5.41, 5.74) is 9.38. The summed E-state index contributed by atoms with van der Waals surface area (Å²) in [6, 6.07) is 8.15. The van der Waals surface area contributed by atoms with E-state index < -0.39 is 0 Å². The fourth-order valence-corrected chi connectivity index (χ4v) is 2.38. The van der Waals surface area contributed by atoms with Gasteiger partial charge in [-0.05, 0) is 29.7 Å². The lowest BCUT2D eigenvalue weighted by Gasteiger charge is -2.26. The number of nitrogens with zero attached hydrogens (tertiary/aromatic N) is 2. The van der Waals surface area contributed by atoms with E-state index in [2.05, 4.69) is 17.2 Å². The lowest BCUT2D eigenvalue weighted by Crippen LogP contribution is -2.24. The smallest absolute Gasteiger partial charge is 0.0950 e. The van der Waals surface area contributed by atoms with Crippen LogP contribution >= 0.6 is 12.4 Å². The third-order valence-corrected chi connectivity index (χ3v) is 3.17. The SMILES string of the molecule is Cl.NC[C@@H]1OCCc2c1cccc2-n1cccn1. The van der Waals surface area contributed by atoms with Crippen molar-refractivity contribution < 1.29 is 4.74 Å². The molecule has 0 unspecified atom stereocenters. The van der Waals surface area contributed by atoms with E-state index in [1.165, 1.54) is 11.1 Å². The van der Waals surface area contributed by atoms with Crippen LogP contribution in [0.15, 0.2) is 36.7 Å². The summed E-state index contributed by atoms with van der Waals surface area (Å²) in [5, 5.41) is 4.29. The summed E-state index contributed by atoms with van der Waals surface area (Å²) in [5.74, 6) is 0. The van der Waals surface area contributed by atoms with Crippen LogP contribution in [0.4, 0.5) is 0 Å². The number of nitrogens with two attached hydrogens (primary N) is 1. The Morgan fingerprint density at radius 3 is 3.00 bits per heavy atom. The molecular weight excluding hydrogens is 250 g/mol. The topological polar surface area (TPSA) is 53.1 Å². The second kappa shape index (κ2) is 5.52. The van der Waals surface area contributed by atoms with Gasteiger partial charge in [-0.2, -0.15) is 5.10 Å². The Labute approximate surface area is 112 Å². The Balaban J connectivity index is 0.00000120. The molecule has 0 saturated carbocycles. The van der Waals surface area contributed by atoms with Gasteiger partial charge in [0.25, 0.3) is 0 Å². The first-order chi connectivity index (χ1) is 8.40. The summed E-state index contributed by atoms with van der Waals surface area (Å²) in [6.07, 6.45) is 4.69. The van der Waals surface area contributed by atoms with Gasteiger partial charge in [-0.3, -0.25) is 0 Å². The van der Waals surface area contributed by atoms with E-state index in [9.17, 15) is 0 Å². The molecule has 0 aliphatic carbocycles. The van der Waals surface area contributed by atoms with Crippen LogP contribution < -0.4 is 5.73 Å². The van der Waals surface area contributed by atoms with Gasteiger partial charge in [-0.25, -0.2) is 4.68 Å². The zero-order chi connectivity index (χ0) is 11.7. The molecule has 1 atom stereocenters. The molecule has 96 valence electrons. The lowest BCUT2D eigenvalue weighted by molar-refractivity contribution is 0.0484. The van der Waals surface area contributed by atoms with Gasteiger partial charge in [-0.15, -0.1) is 12.4 Å². The van der Waals surface area contributed by atoms with Crippen molar-refractivity contribution in [3.05, 3.63) is 47.8 Å². The predicted molar refractivity (Wildman–Crippen MR) is 72.3 cm³/mol. The minimum Gasteiger partial charge on any atom is -0.372 e. The molecule has 0 bridgehead atoms. The highest BCUT2D eigenvalue weighted by molar-refractivity contribution is 5.85. The van der Waals surface area contributed by atoms with Crippen LogP contribution in [0.25, 0.3) is 5.69 Å². The standard InChI is InChI=1S/C13H15N3O.ClH/c14-9-13-11-3-1-4-12(10(11)5-8-17-13)16-7-2-6-15-16;/h1-4,6-7,13H,5,8-9,14H2;1H/t13-;/m0./s1. The maximum atomic E-state index is 5.74. The van der Waals surface area contributed by atoms with E-state index in [0.29, 0.717) is 6.54 Å². The number of benzene rings is 1. The van der Waals surface area contributed by atoms with Crippen LogP contribution in [0.3, 0.4) is 0 Å². The predicted octanol–water partition coefficient (Wildman–Crippen LogP) is 1.87. The first-order valence-corrected chi connectivity index (χ1v) is 5.83. The number of ether oxygens (including phenoxy) is 1. The Hall–Kier alpha value is -1.36. The molecule has 0 amide bonds. The second-order valence-corrected chi connectivity index (χ2v) is 4.14. The van der Waals surface area contributed by atoms with Gasteiger partial charge in [0, 0.05) is 18.9 Å². The molecule has 0 saturated heterocycles.